The predicted molar refractivity (Wildman–Crippen MR) is 99.3 cm³/mol. The van der Waals surface area contributed by atoms with E-state index in [1.54, 1.807) is 6.33 Å². The Bertz CT molecular complexity index is 854. The van der Waals surface area contributed by atoms with Gasteiger partial charge >= 0.3 is 0 Å². The smallest absolute Gasteiger partial charge is 0.128 e. The van der Waals surface area contributed by atoms with Crippen molar-refractivity contribution in [1.29, 1.82) is 0 Å². The van der Waals surface area contributed by atoms with Crippen LogP contribution in [-0.2, 0) is 18.6 Å². The maximum absolute atomic E-state index is 4.60. The zero-order valence-electron chi connectivity index (χ0n) is 13.5. The van der Waals surface area contributed by atoms with E-state index in [2.05, 4.69) is 48.1 Å². The number of nitrogens with zero attached hydrogens (tertiary/aromatic N) is 2. The fraction of sp³-hybridized carbons (Fsp3) is 0.368. The third-order valence-corrected chi connectivity index (χ3v) is 6.74. The summed E-state index contributed by atoms with van der Waals surface area (Å²) in [4.78, 5) is 11.8. The van der Waals surface area contributed by atoms with E-state index in [4.69, 9.17) is 0 Å². The van der Waals surface area contributed by atoms with Crippen molar-refractivity contribution in [3.05, 3.63) is 52.2 Å². The van der Waals surface area contributed by atoms with Crippen molar-refractivity contribution in [1.82, 2.24) is 9.97 Å². The van der Waals surface area contributed by atoms with E-state index in [1.807, 2.05) is 23.1 Å². The normalized spacial score (nSPS) is 17.4. The van der Waals surface area contributed by atoms with Gasteiger partial charge in [0, 0.05) is 16.0 Å². The molecule has 1 aliphatic rings. The minimum Gasteiger partial charge on any atom is -0.229 e. The van der Waals surface area contributed by atoms with Gasteiger partial charge < -0.3 is 0 Å². The van der Waals surface area contributed by atoms with Crippen LogP contribution < -0.4 is 0 Å². The summed E-state index contributed by atoms with van der Waals surface area (Å²) in [7, 11) is 0. The summed E-state index contributed by atoms with van der Waals surface area (Å²) < 4.78 is 0. The molecule has 0 aliphatic heterocycles. The van der Waals surface area contributed by atoms with Crippen LogP contribution in [-0.4, -0.2) is 9.97 Å². The molecule has 1 aromatic carbocycles. The number of thiophene rings is 1. The van der Waals surface area contributed by atoms with E-state index in [-0.39, 0.29) is 0 Å². The molecule has 4 rings (SSSR count). The van der Waals surface area contributed by atoms with Gasteiger partial charge in [-0.3, -0.25) is 0 Å². The third kappa shape index (κ3) is 3.02. The Morgan fingerprint density at radius 3 is 3.09 bits per heavy atom. The predicted octanol–water partition coefficient (Wildman–Crippen LogP) is 5.42. The van der Waals surface area contributed by atoms with Crippen LogP contribution in [0.4, 0.5) is 0 Å². The minimum absolute atomic E-state index is 0.798. The summed E-state index contributed by atoms with van der Waals surface area (Å²) in [6.45, 7) is 4.50. The fourth-order valence-electron chi connectivity index (χ4n) is 3.31. The topological polar surface area (TPSA) is 25.8 Å². The highest BCUT2D eigenvalue weighted by Crippen LogP contribution is 2.41. The lowest BCUT2D eigenvalue weighted by Gasteiger charge is -2.18. The molecule has 23 heavy (non-hydrogen) atoms. The molecule has 1 aliphatic carbocycles. The summed E-state index contributed by atoms with van der Waals surface area (Å²) in [5.41, 5.74) is 4.20. The molecule has 1 unspecified atom stereocenters. The molecule has 0 saturated heterocycles. The molecule has 0 radical (unpaired) electrons. The van der Waals surface area contributed by atoms with Crippen molar-refractivity contribution in [3.8, 4) is 0 Å². The first-order valence-corrected chi connectivity index (χ1v) is 9.94. The van der Waals surface area contributed by atoms with Gasteiger partial charge in [0.15, 0.2) is 0 Å². The summed E-state index contributed by atoms with van der Waals surface area (Å²) >= 11 is 3.72. The Labute approximate surface area is 145 Å². The van der Waals surface area contributed by atoms with Crippen molar-refractivity contribution < 1.29 is 0 Å². The molecule has 4 heteroatoms. The summed E-state index contributed by atoms with van der Waals surface area (Å²) in [5, 5.41) is 2.49. The van der Waals surface area contributed by atoms with Gasteiger partial charge in [-0.15, -0.1) is 23.1 Å². The molecule has 118 valence electrons. The van der Waals surface area contributed by atoms with Crippen LogP contribution in [0.15, 0.2) is 35.6 Å². The van der Waals surface area contributed by atoms with Crippen LogP contribution in [0.25, 0.3) is 10.2 Å². The maximum Gasteiger partial charge on any atom is 0.128 e. The second-order valence-electron chi connectivity index (χ2n) is 6.49. The Kier molecular flexibility index (Phi) is 4.12. The lowest BCUT2D eigenvalue weighted by atomic mass is 9.89. The Morgan fingerprint density at radius 2 is 2.22 bits per heavy atom. The highest BCUT2D eigenvalue weighted by molar-refractivity contribution is 7.98. The molecule has 0 amide bonds. The largest absolute Gasteiger partial charge is 0.229 e. The van der Waals surface area contributed by atoms with Crippen LogP contribution in [0.5, 0.6) is 0 Å². The first kappa shape index (κ1) is 15.2. The third-order valence-electron chi connectivity index (χ3n) is 4.51. The van der Waals surface area contributed by atoms with Crippen LogP contribution in [0.3, 0.4) is 0 Å². The van der Waals surface area contributed by atoms with Gasteiger partial charge in [0.1, 0.15) is 16.2 Å². The number of hydrogen-bond donors (Lipinski definition) is 0. The van der Waals surface area contributed by atoms with Crippen LogP contribution in [0, 0.1) is 12.8 Å². The van der Waals surface area contributed by atoms with E-state index >= 15 is 0 Å². The Morgan fingerprint density at radius 1 is 1.30 bits per heavy atom. The molecule has 2 aromatic heterocycles. The van der Waals surface area contributed by atoms with E-state index in [0.29, 0.717) is 0 Å². The molecule has 0 fully saturated rings. The first-order chi connectivity index (χ1) is 11.2. The molecule has 0 bridgehead atoms. The number of benzene rings is 1. The van der Waals surface area contributed by atoms with Crippen molar-refractivity contribution in [2.45, 2.75) is 43.9 Å². The minimum atomic E-state index is 0.798. The van der Waals surface area contributed by atoms with Gasteiger partial charge in [-0.2, -0.15) is 0 Å². The van der Waals surface area contributed by atoms with Gasteiger partial charge in [-0.25, -0.2) is 9.97 Å². The molecule has 3 aromatic rings. The van der Waals surface area contributed by atoms with Crippen LogP contribution in [0.1, 0.15) is 34.9 Å². The lowest BCUT2D eigenvalue weighted by Crippen LogP contribution is -2.08. The highest BCUT2D eigenvalue weighted by Gasteiger charge is 2.23. The Balaban J connectivity index is 1.67. The zero-order chi connectivity index (χ0) is 15.8. The van der Waals surface area contributed by atoms with Crippen molar-refractivity contribution in [2.24, 2.45) is 5.92 Å². The van der Waals surface area contributed by atoms with Crippen LogP contribution in [0.2, 0.25) is 0 Å². The highest BCUT2D eigenvalue weighted by atomic mass is 32.2. The fourth-order valence-corrected chi connectivity index (χ4v) is 5.69. The molecule has 0 N–H and O–H groups in total. The lowest BCUT2D eigenvalue weighted by molar-refractivity contribution is 0.509. The van der Waals surface area contributed by atoms with Gasteiger partial charge in [0.2, 0.25) is 0 Å². The van der Waals surface area contributed by atoms with Gasteiger partial charge in [0.25, 0.3) is 0 Å². The van der Waals surface area contributed by atoms with Crippen molar-refractivity contribution >= 4 is 33.3 Å². The van der Waals surface area contributed by atoms with Crippen molar-refractivity contribution in [2.75, 3.05) is 0 Å². The number of thioether (sulfide) groups is 1. The molecule has 0 saturated carbocycles. The zero-order valence-corrected chi connectivity index (χ0v) is 15.1. The monoisotopic (exact) mass is 340 g/mol. The second kappa shape index (κ2) is 6.25. The van der Waals surface area contributed by atoms with E-state index < -0.39 is 0 Å². The second-order valence-corrected chi connectivity index (χ2v) is 8.54. The van der Waals surface area contributed by atoms with Gasteiger partial charge in [-0.05, 0) is 43.2 Å². The standard InChI is InChI=1S/C19H20N2S2/c1-12-4-3-5-14(8-12)10-22-18-17-15-7-6-13(2)9-16(15)23-19(17)21-11-20-18/h3-5,8,11,13H,6-7,9-10H2,1-2H3. The van der Waals surface area contributed by atoms with E-state index in [9.17, 15) is 0 Å². The molecule has 2 heterocycles. The number of aryl methyl sites for hydroxylation is 2. The average molecular weight is 341 g/mol. The van der Waals surface area contributed by atoms with Gasteiger partial charge in [0.05, 0.1) is 0 Å². The van der Waals surface area contributed by atoms with Gasteiger partial charge in [-0.1, -0.05) is 36.8 Å². The van der Waals surface area contributed by atoms with Crippen LogP contribution >= 0.6 is 23.1 Å². The molecule has 0 spiro atoms. The molecule has 2 nitrogen and oxygen atoms in total. The number of hydrogen-bond acceptors (Lipinski definition) is 4. The van der Waals surface area contributed by atoms with Crippen molar-refractivity contribution in [3.63, 3.8) is 0 Å². The van der Waals surface area contributed by atoms with E-state index in [0.717, 1.165) is 16.7 Å². The number of fused-ring (bicyclic) bond motifs is 3. The quantitative estimate of drug-likeness (QED) is 0.470. The van der Waals surface area contributed by atoms with E-state index in [1.165, 1.54) is 51.0 Å². The Hall–Kier alpha value is -1.39. The molecular formula is C19H20N2S2. The average Bonchev–Trinajstić information content (AvgIpc) is 2.91. The number of aromatic nitrogens is 2. The molecular weight excluding hydrogens is 320 g/mol. The summed E-state index contributed by atoms with van der Waals surface area (Å²) in [6, 6.07) is 8.74. The molecule has 1 atom stereocenters. The maximum atomic E-state index is 4.60. The summed E-state index contributed by atoms with van der Waals surface area (Å²) in [6.07, 6.45) is 5.40. The summed E-state index contributed by atoms with van der Waals surface area (Å²) in [5.74, 6) is 1.77. The SMILES string of the molecule is Cc1cccc(CSc2ncnc3sc4c(c23)CCC(C)C4)c1. The first-order valence-electron chi connectivity index (χ1n) is 8.14. The number of rotatable bonds is 3.